The van der Waals surface area contributed by atoms with Crippen molar-refractivity contribution in [3.63, 3.8) is 0 Å². The molecule has 0 atom stereocenters. The Morgan fingerprint density at radius 2 is 2.04 bits per heavy atom. The summed E-state index contributed by atoms with van der Waals surface area (Å²) in [6.07, 6.45) is 3.37. The smallest absolute Gasteiger partial charge is 0.235 e. The summed E-state index contributed by atoms with van der Waals surface area (Å²) in [4.78, 5) is 13.6. The third kappa shape index (κ3) is 3.16. The molecule has 3 aromatic rings. The molecule has 3 rings (SSSR count). The van der Waals surface area contributed by atoms with E-state index in [1.165, 1.54) is 0 Å². The van der Waals surface area contributed by atoms with Gasteiger partial charge in [-0.25, -0.2) is 4.68 Å². The van der Waals surface area contributed by atoms with Crippen LogP contribution in [0, 0.1) is 0 Å². The van der Waals surface area contributed by atoms with Crippen LogP contribution >= 0.6 is 22.9 Å². The second-order valence-corrected chi connectivity index (χ2v) is 7.04. The number of carbonyl (C=O) groups is 1. The number of hydrogen-bond donors (Lipinski definition) is 1. The lowest BCUT2D eigenvalue weighted by Gasteiger charge is -2.21. The summed E-state index contributed by atoms with van der Waals surface area (Å²) in [5.74, 6) is -0.0707. The van der Waals surface area contributed by atoms with Crippen molar-refractivity contribution in [2.24, 2.45) is 0 Å². The second kappa shape index (κ2) is 6.18. The topological polar surface area (TPSA) is 46.9 Å². The van der Waals surface area contributed by atoms with Crippen LogP contribution in [0.3, 0.4) is 0 Å². The molecular weight excluding hydrogens is 330 g/mol. The number of nitrogens with zero attached hydrogens (tertiary/aromatic N) is 2. The van der Waals surface area contributed by atoms with Gasteiger partial charge in [0.25, 0.3) is 0 Å². The standard InChI is InChI=1S/C17H16ClN3OS/c1-17(2,15-8-5-9-23-15)16(22)20-12-10-19-21(11-12)14-7-4-3-6-13(14)18/h3-11H,1-2H3,(H,20,22). The Kier molecular flexibility index (Phi) is 4.24. The van der Waals surface area contributed by atoms with E-state index in [-0.39, 0.29) is 5.91 Å². The summed E-state index contributed by atoms with van der Waals surface area (Å²) < 4.78 is 1.65. The number of anilines is 1. The highest BCUT2D eigenvalue weighted by molar-refractivity contribution is 7.10. The van der Waals surface area contributed by atoms with Crippen molar-refractivity contribution in [3.8, 4) is 5.69 Å². The number of hydrogen-bond acceptors (Lipinski definition) is 3. The number of thiophene rings is 1. The first kappa shape index (κ1) is 15.8. The van der Waals surface area contributed by atoms with Gasteiger partial charge in [-0.1, -0.05) is 29.8 Å². The fourth-order valence-electron chi connectivity index (χ4n) is 2.19. The minimum Gasteiger partial charge on any atom is -0.323 e. The second-order valence-electron chi connectivity index (χ2n) is 5.68. The predicted octanol–water partition coefficient (Wildman–Crippen LogP) is 4.50. The van der Waals surface area contributed by atoms with Gasteiger partial charge in [0.15, 0.2) is 0 Å². The normalized spacial score (nSPS) is 11.4. The third-order valence-electron chi connectivity index (χ3n) is 3.64. The van der Waals surface area contributed by atoms with Gasteiger partial charge < -0.3 is 5.32 Å². The number of rotatable bonds is 4. The van der Waals surface area contributed by atoms with E-state index in [1.807, 2.05) is 49.6 Å². The van der Waals surface area contributed by atoms with E-state index in [1.54, 1.807) is 34.5 Å². The maximum absolute atomic E-state index is 12.6. The molecule has 0 unspecified atom stereocenters. The van der Waals surface area contributed by atoms with Crippen LogP contribution in [-0.4, -0.2) is 15.7 Å². The van der Waals surface area contributed by atoms with Crippen LogP contribution in [-0.2, 0) is 10.2 Å². The average Bonchev–Trinajstić information content (AvgIpc) is 3.19. The lowest BCUT2D eigenvalue weighted by Crippen LogP contribution is -2.33. The molecule has 0 bridgehead atoms. The predicted molar refractivity (Wildman–Crippen MR) is 94.5 cm³/mol. The first-order valence-electron chi connectivity index (χ1n) is 7.13. The largest absolute Gasteiger partial charge is 0.323 e. The van der Waals surface area contributed by atoms with Crippen LogP contribution in [0.1, 0.15) is 18.7 Å². The molecule has 0 radical (unpaired) electrons. The molecule has 118 valence electrons. The Balaban J connectivity index is 1.80. The summed E-state index contributed by atoms with van der Waals surface area (Å²) in [5.41, 5.74) is 0.812. The zero-order chi connectivity index (χ0) is 16.4. The molecule has 23 heavy (non-hydrogen) atoms. The summed E-state index contributed by atoms with van der Waals surface area (Å²) in [6, 6.07) is 11.3. The number of amides is 1. The molecule has 2 aromatic heterocycles. The van der Waals surface area contributed by atoms with E-state index < -0.39 is 5.41 Å². The number of carbonyl (C=O) groups excluding carboxylic acids is 1. The Hall–Kier alpha value is -2.11. The summed E-state index contributed by atoms with van der Waals surface area (Å²) >= 11 is 7.74. The van der Waals surface area contributed by atoms with Crippen LogP contribution in [0.2, 0.25) is 5.02 Å². The summed E-state index contributed by atoms with van der Waals surface area (Å²) in [7, 11) is 0. The molecule has 1 aromatic carbocycles. The van der Waals surface area contributed by atoms with Gasteiger partial charge in [0.2, 0.25) is 5.91 Å². The average molecular weight is 346 g/mol. The Morgan fingerprint density at radius 3 is 2.74 bits per heavy atom. The lowest BCUT2D eigenvalue weighted by molar-refractivity contribution is -0.120. The van der Waals surface area contributed by atoms with Gasteiger partial charge >= 0.3 is 0 Å². The highest BCUT2D eigenvalue weighted by Crippen LogP contribution is 2.29. The maximum atomic E-state index is 12.6. The molecule has 6 heteroatoms. The highest BCUT2D eigenvalue weighted by Gasteiger charge is 2.31. The van der Waals surface area contributed by atoms with Crippen LogP contribution in [0.5, 0.6) is 0 Å². The molecule has 4 nitrogen and oxygen atoms in total. The van der Waals surface area contributed by atoms with Gasteiger partial charge in [0.1, 0.15) is 0 Å². The summed E-state index contributed by atoms with van der Waals surface area (Å²) in [5, 5.41) is 9.76. The van der Waals surface area contributed by atoms with Crippen molar-refractivity contribution >= 4 is 34.5 Å². The molecule has 0 aliphatic carbocycles. The molecule has 0 saturated heterocycles. The zero-order valence-corrected chi connectivity index (χ0v) is 14.4. The third-order valence-corrected chi connectivity index (χ3v) is 5.16. The molecule has 0 fully saturated rings. The van der Waals surface area contributed by atoms with E-state index in [0.29, 0.717) is 10.7 Å². The van der Waals surface area contributed by atoms with Crippen LogP contribution < -0.4 is 5.32 Å². The van der Waals surface area contributed by atoms with Gasteiger partial charge in [0, 0.05) is 4.88 Å². The maximum Gasteiger partial charge on any atom is 0.235 e. The van der Waals surface area contributed by atoms with Gasteiger partial charge in [-0.2, -0.15) is 5.10 Å². The summed E-state index contributed by atoms with van der Waals surface area (Å²) in [6.45, 7) is 3.82. The Bertz CT molecular complexity index is 824. The zero-order valence-electron chi connectivity index (χ0n) is 12.8. The van der Waals surface area contributed by atoms with Crippen molar-refractivity contribution < 1.29 is 4.79 Å². The van der Waals surface area contributed by atoms with Gasteiger partial charge in [-0.3, -0.25) is 4.79 Å². The Morgan fingerprint density at radius 1 is 1.26 bits per heavy atom. The number of benzene rings is 1. The molecular formula is C17H16ClN3OS. The van der Waals surface area contributed by atoms with Crippen molar-refractivity contribution in [2.45, 2.75) is 19.3 Å². The molecule has 0 saturated carbocycles. The van der Waals surface area contributed by atoms with Crippen molar-refractivity contribution in [3.05, 3.63) is 64.1 Å². The van der Waals surface area contributed by atoms with E-state index in [2.05, 4.69) is 10.4 Å². The van der Waals surface area contributed by atoms with E-state index in [9.17, 15) is 4.79 Å². The lowest BCUT2D eigenvalue weighted by atomic mass is 9.90. The SMILES string of the molecule is CC(C)(C(=O)Nc1cnn(-c2ccccc2Cl)c1)c1cccs1. The first-order valence-corrected chi connectivity index (χ1v) is 8.39. The van der Waals surface area contributed by atoms with Crippen LogP contribution in [0.4, 0.5) is 5.69 Å². The molecule has 1 N–H and O–H groups in total. The van der Waals surface area contributed by atoms with Crippen molar-refractivity contribution in [1.82, 2.24) is 9.78 Å². The number of halogens is 1. The number of para-hydroxylation sites is 1. The number of nitrogens with one attached hydrogen (secondary N) is 1. The first-order chi connectivity index (χ1) is 11.0. The van der Waals surface area contributed by atoms with E-state index >= 15 is 0 Å². The quantitative estimate of drug-likeness (QED) is 0.756. The fraction of sp³-hybridized carbons (Fsp3) is 0.176. The van der Waals surface area contributed by atoms with Crippen molar-refractivity contribution in [2.75, 3.05) is 5.32 Å². The molecule has 0 spiro atoms. The molecule has 2 heterocycles. The molecule has 0 aliphatic heterocycles. The molecule has 1 amide bonds. The monoisotopic (exact) mass is 345 g/mol. The van der Waals surface area contributed by atoms with E-state index in [0.717, 1.165) is 10.6 Å². The minimum atomic E-state index is -0.597. The van der Waals surface area contributed by atoms with Crippen LogP contribution in [0.25, 0.3) is 5.69 Å². The molecule has 0 aliphatic rings. The van der Waals surface area contributed by atoms with E-state index in [4.69, 9.17) is 11.6 Å². The van der Waals surface area contributed by atoms with Gasteiger partial charge in [-0.05, 0) is 37.4 Å². The number of aromatic nitrogens is 2. The van der Waals surface area contributed by atoms with Crippen molar-refractivity contribution in [1.29, 1.82) is 0 Å². The van der Waals surface area contributed by atoms with Crippen LogP contribution in [0.15, 0.2) is 54.2 Å². The Labute approximate surface area is 143 Å². The highest BCUT2D eigenvalue weighted by atomic mass is 35.5. The fourth-order valence-corrected chi connectivity index (χ4v) is 3.26. The minimum absolute atomic E-state index is 0.0707. The van der Waals surface area contributed by atoms with Gasteiger partial charge in [0.05, 0.1) is 34.2 Å². The van der Waals surface area contributed by atoms with Gasteiger partial charge in [-0.15, -0.1) is 11.3 Å².